The third kappa shape index (κ3) is 3.12. The van der Waals surface area contributed by atoms with E-state index in [2.05, 4.69) is 17.4 Å². The van der Waals surface area contributed by atoms with Crippen LogP contribution in [0.1, 0.15) is 41.6 Å². The number of carbonyl (C=O) groups is 1. The van der Waals surface area contributed by atoms with Crippen molar-refractivity contribution in [2.75, 3.05) is 11.1 Å². The van der Waals surface area contributed by atoms with Gasteiger partial charge in [-0.3, -0.25) is 4.79 Å². The SMILES string of the molecule is CCn1cc(C(=O)O)c(=O)c2c(N)c(F)c(N[C@H]3CCC3c3ccccc3)cc21. The molecule has 0 spiro atoms. The van der Waals surface area contributed by atoms with Crippen LogP contribution in [0.4, 0.5) is 15.8 Å². The third-order valence-corrected chi connectivity index (χ3v) is 5.76. The summed E-state index contributed by atoms with van der Waals surface area (Å²) >= 11 is 0. The number of pyridine rings is 1. The predicted molar refractivity (Wildman–Crippen MR) is 111 cm³/mol. The summed E-state index contributed by atoms with van der Waals surface area (Å²) in [6, 6.07) is 11.7. The van der Waals surface area contributed by atoms with Gasteiger partial charge in [0.05, 0.1) is 22.3 Å². The van der Waals surface area contributed by atoms with E-state index in [1.165, 1.54) is 11.8 Å². The number of aryl methyl sites for hydroxylation is 1. The van der Waals surface area contributed by atoms with Crippen molar-refractivity contribution >= 4 is 28.2 Å². The molecule has 1 heterocycles. The Labute approximate surface area is 166 Å². The van der Waals surface area contributed by atoms with Gasteiger partial charge in [-0.15, -0.1) is 0 Å². The predicted octanol–water partition coefficient (Wildman–Crippen LogP) is 3.80. The molecule has 2 atom stereocenters. The van der Waals surface area contributed by atoms with Crippen LogP contribution < -0.4 is 16.5 Å². The first-order valence-electron chi connectivity index (χ1n) is 9.62. The lowest BCUT2D eigenvalue weighted by Gasteiger charge is -2.38. The van der Waals surface area contributed by atoms with Crippen LogP contribution >= 0.6 is 0 Å². The molecular formula is C22H22FN3O3. The van der Waals surface area contributed by atoms with Crippen LogP contribution in [0, 0.1) is 5.82 Å². The summed E-state index contributed by atoms with van der Waals surface area (Å²) in [5.41, 5.74) is 6.29. The number of nitrogens with zero attached hydrogens (tertiary/aromatic N) is 1. The highest BCUT2D eigenvalue weighted by atomic mass is 19.1. The Balaban J connectivity index is 1.79. The van der Waals surface area contributed by atoms with Gasteiger partial charge in [0, 0.05) is 24.7 Å². The molecule has 6 nitrogen and oxygen atoms in total. The smallest absolute Gasteiger partial charge is 0.341 e. The Kier molecular flexibility index (Phi) is 4.74. The van der Waals surface area contributed by atoms with Gasteiger partial charge in [-0.25, -0.2) is 9.18 Å². The molecule has 1 aliphatic carbocycles. The lowest BCUT2D eigenvalue weighted by molar-refractivity contribution is 0.0695. The number of rotatable bonds is 5. The fraction of sp³-hybridized carbons (Fsp3) is 0.273. The molecule has 2 aromatic carbocycles. The van der Waals surface area contributed by atoms with Gasteiger partial charge in [0.1, 0.15) is 5.56 Å². The number of benzene rings is 2. The Morgan fingerprint density at radius 1 is 1.31 bits per heavy atom. The standard InChI is InChI=1S/C22H22FN3O3/c1-2-26-11-14(22(28)29)21(27)18-17(26)10-16(19(23)20(18)24)25-15-9-8-13(15)12-6-4-3-5-7-12/h3-7,10-11,13,15,25H,2,8-9,24H2,1H3,(H,28,29)/t13?,15-/m0/s1. The van der Waals surface area contributed by atoms with Crippen molar-refractivity contribution in [3.8, 4) is 0 Å². The van der Waals surface area contributed by atoms with E-state index in [-0.39, 0.29) is 28.7 Å². The van der Waals surface area contributed by atoms with Gasteiger partial charge in [-0.1, -0.05) is 30.3 Å². The summed E-state index contributed by atoms with van der Waals surface area (Å²) in [4.78, 5) is 24.0. The number of carboxylic acid groups (broad SMARTS) is 1. The topological polar surface area (TPSA) is 97.4 Å². The number of nitrogens with two attached hydrogens (primary N) is 1. The van der Waals surface area contributed by atoms with E-state index < -0.39 is 22.8 Å². The molecule has 3 aromatic rings. The van der Waals surface area contributed by atoms with Gasteiger partial charge < -0.3 is 20.7 Å². The van der Waals surface area contributed by atoms with Crippen LogP contribution in [-0.2, 0) is 6.54 Å². The van der Waals surface area contributed by atoms with Crippen LogP contribution in [0.15, 0.2) is 47.4 Å². The first kappa shape index (κ1) is 19.0. The molecule has 29 heavy (non-hydrogen) atoms. The quantitative estimate of drug-likeness (QED) is 0.571. The highest BCUT2D eigenvalue weighted by Gasteiger charge is 2.33. The second-order valence-corrected chi connectivity index (χ2v) is 7.35. The molecular weight excluding hydrogens is 373 g/mol. The minimum absolute atomic E-state index is 0.0591. The molecule has 0 amide bonds. The van der Waals surface area contributed by atoms with Crippen LogP contribution in [0.25, 0.3) is 10.9 Å². The highest BCUT2D eigenvalue weighted by Crippen LogP contribution is 2.40. The van der Waals surface area contributed by atoms with Crippen LogP contribution in [0.3, 0.4) is 0 Å². The number of nitrogens with one attached hydrogen (secondary N) is 1. The molecule has 1 aliphatic rings. The van der Waals surface area contributed by atoms with Crippen molar-refractivity contribution in [3.05, 3.63) is 69.8 Å². The van der Waals surface area contributed by atoms with E-state index in [0.717, 1.165) is 12.8 Å². The van der Waals surface area contributed by atoms with Crippen LogP contribution in [0.5, 0.6) is 0 Å². The number of anilines is 2. The van der Waals surface area contributed by atoms with Gasteiger partial charge in [0.2, 0.25) is 5.43 Å². The molecule has 4 N–H and O–H groups in total. The highest BCUT2D eigenvalue weighted by molar-refractivity contribution is 5.99. The minimum atomic E-state index is -1.36. The van der Waals surface area contributed by atoms with Crippen molar-refractivity contribution in [3.63, 3.8) is 0 Å². The third-order valence-electron chi connectivity index (χ3n) is 5.76. The lowest BCUT2D eigenvalue weighted by Crippen LogP contribution is -2.36. The molecule has 0 saturated heterocycles. The first-order chi connectivity index (χ1) is 13.9. The lowest BCUT2D eigenvalue weighted by atomic mass is 9.75. The summed E-state index contributed by atoms with van der Waals surface area (Å²) in [5.74, 6) is -1.81. The van der Waals surface area contributed by atoms with Gasteiger partial charge in [0.15, 0.2) is 5.82 Å². The van der Waals surface area contributed by atoms with Crippen molar-refractivity contribution in [1.82, 2.24) is 4.57 Å². The second kappa shape index (κ2) is 7.24. The number of hydrogen-bond acceptors (Lipinski definition) is 4. The van der Waals surface area contributed by atoms with Crippen LogP contribution in [0.2, 0.25) is 0 Å². The fourth-order valence-corrected chi connectivity index (χ4v) is 4.04. The zero-order valence-electron chi connectivity index (χ0n) is 16.0. The Hall–Kier alpha value is -3.35. The van der Waals surface area contributed by atoms with Gasteiger partial charge in [0.25, 0.3) is 0 Å². The molecule has 4 rings (SSSR count). The van der Waals surface area contributed by atoms with E-state index in [1.54, 1.807) is 10.6 Å². The number of halogens is 1. The Morgan fingerprint density at radius 2 is 2.03 bits per heavy atom. The molecule has 7 heteroatoms. The summed E-state index contributed by atoms with van der Waals surface area (Å²) in [6.07, 6.45) is 3.19. The number of aromatic carboxylic acids is 1. The van der Waals surface area contributed by atoms with E-state index in [9.17, 15) is 14.7 Å². The van der Waals surface area contributed by atoms with Crippen molar-refractivity contribution in [2.45, 2.75) is 38.3 Å². The monoisotopic (exact) mass is 395 g/mol. The van der Waals surface area contributed by atoms with Gasteiger partial charge >= 0.3 is 5.97 Å². The molecule has 150 valence electrons. The number of nitrogen functional groups attached to an aromatic ring is 1. The van der Waals surface area contributed by atoms with E-state index in [0.29, 0.717) is 12.1 Å². The number of aromatic nitrogens is 1. The summed E-state index contributed by atoms with van der Waals surface area (Å²) < 4.78 is 16.7. The number of carboxylic acids is 1. The summed E-state index contributed by atoms with van der Waals surface area (Å²) in [6.45, 7) is 2.23. The zero-order chi connectivity index (χ0) is 20.7. The molecule has 0 bridgehead atoms. The van der Waals surface area contributed by atoms with Gasteiger partial charge in [-0.2, -0.15) is 0 Å². The average molecular weight is 395 g/mol. The maximum absolute atomic E-state index is 15.0. The molecule has 0 radical (unpaired) electrons. The van der Waals surface area contributed by atoms with Crippen molar-refractivity contribution in [2.24, 2.45) is 0 Å². The van der Waals surface area contributed by atoms with E-state index >= 15 is 4.39 Å². The Morgan fingerprint density at radius 3 is 2.62 bits per heavy atom. The first-order valence-corrected chi connectivity index (χ1v) is 9.62. The second-order valence-electron chi connectivity index (χ2n) is 7.35. The molecule has 1 fully saturated rings. The van der Waals surface area contributed by atoms with Crippen molar-refractivity contribution in [1.29, 1.82) is 0 Å². The van der Waals surface area contributed by atoms with E-state index in [4.69, 9.17) is 5.73 Å². The summed E-state index contributed by atoms with van der Waals surface area (Å²) in [5, 5.41) is 12.5. The molecule has 0 aliphatic heterocycles. The minimum Gasteiger partial charge on any atom is -0.477 e. The zero-order valence-corrected chi connectivity index (χ0v) is 16.0. The largest absolute Gasteiger partial charge is 0.477 e. The Bertz CT molecular complexity index is 1160. The fourth-order valence-electron chi connectivity index (χ4n) is 4.04. The molecule has 1 saturated carbocycles. The average Bonchev–Trinajstić information content (AvgIpc) is 2.69. The number of hydrogen-bond donors (Lipinski definition) is 3. The maximum atomic E-state index is 15.0. The van der Waals surface area contributed by atoms with Crippen LogP contribution in [-0.4, -0.2) is 21.7 Å². The number of fused-ring (bicyclic) bond motifs is 1. The normalized spacial score (nSPS) is 18.4. The maximum Gasteiger partial charge on any atom is 0.341 e. The van der Waals surface area contributed by atoms with Gasteiger partial charge in [-0.05, 0) is 31.4 Å². The molecule has 1 aromatic heterocycles. The molecule has 1 unspecified atom stereocenters. The summed E-state index contributed by atoms with van der Waals surface area (Å²) in [7, 11) is 0. The van der Waals surface area contributed by atoms with Crippen molar-refractivity contribution < 1.29 is 14.3 Å². The van der Waals surface area contributed by atoms with E-state index in [1.807, 2.05) is 25.1 Å².